The van der Waals surface area contributed by atoms with Gasteiger partial charge in [0, 0.05) is 32.0 Å². The van der Waals surface area contributed by atoms with Gasteiger partial charge in [0.25, 0.3) is 0 Å². The van der Waals surface area contributed by atoms with Crippen molar-refractivity contribution in [1.29, 1.82) is 0 Å². The third-order valence-corrected chi connectivity index (χ3v) is 3.51. The maximum absolute atomic E-state index is 11.7. The van der Waals surface area contributed by atoms with Gasteiger partial charge in [-0.1, -0.05) is 15.9 Å². The molecule has 4 heteroatoms. The lowest BCUT2D eigenvalue weighted by Crippen LogP contribution is -2.37. The Balaban J connectivity index is 2.16. The van der Waals surface area contributed by atoms with Crippen molar-refractivity contribution in [3.05, 3.63) is 0 Å². The predicted molar refractivity (Wildman–Crippen MR) is 68.9 cm³/mol. The van der Waals surface area contributed by atoms with Crippen LogP contribution < -0.4 is 0 Å². The Bertz CT molecular complexity index is 205. The van der Waals surface area contributed by atoms with Crippen molar-refractivity contribution in [3.63, 3.8) is 0 Å². The summed E-state index contributed by atoms with van der Waals surface area (Å²) in [6.45, 7) is 1.61. The first-order valence-electron chi connectivity index (χ1n) is 6.15. The number of amides is 1. The van der Waals surface area contributed by atoms with Crippen molar-refractivity contribution in [3.8, 4) is 0 Å². The Labute approximate surface area is 107 Å². The highest BCUT2D eigenvalue weighted by Gasteiger charge is 2.18. The zero-order chi connectivity index (χ0) is 11.8. The maximum atomic E-state index is 11.7. The summed E-state index contributed by atoms with van der Waals surface area (Å²) in [5, 5.41) is 0.982. The highest BCUT2D eigenvalue weighted by molar-refractivity contribution is 9.09. The number of rotatable bonds is 6. The minimum Gasteiger partial charge on any atom is -0.376 e. The number of hydrogen-bond acceptors (Lipinski definition) is 2. The third kappa shape index (κ3) is 5.30. The lowest BCUT2D eigenvalue weighted by Gasteiger charge is -2.27. The summed E-state index contributed by atoms with van der Waals surface area (Å²) in [6, 6.07) is 0. The van der Waals surface area contributed by atoms with E-state index in [9.17, 15) is 4.79 Å². The second-order valence-corrected chi connectivity index (χ2v) is 5.20. The van der Waals surface area contributed by atoms with E-state index in [4.69, 9.17) is 4.74 Å². The molecule has 1 saturated heterocycles. The molecular weight excluding hydrogens is 270 g/mol. The SMILES string of the molecule is CN(CC1CCCCO1)C(=O)CCCCBr. The fourth-order valence-corrected chi connectivity index (χ4v) is 2.32. The number of carbonyl (C=O) groups excluding carboxylic acids is 1. The molecule has 0 aromatic carbocycles. The zero-order valence-electron chi connectivity index (χ0n) is 10.1. The van der Waals surface area contributed by atoms with E-state index in [0.29, 0.717) is 6.42 Å². The monoisotopic (exact) mass is 291 g/mol. The number of ether oxygens (including phenoxy) is 1. The molecule has 0 aliphatic carbocycles. The highest BCUT2D eigenvalue weighted by Crippen LogP contribution is 2.14. The molecule has 3 nitrogen and oxygen atoms in total. The molecule has 1 rings (SSSR count). The summed E-state index contributed by atoms with van der Waals surface area (Å²) in [4.78, 5) is 13.6. The Morgan fingerprint density at radius 3 is 2.88 bits per heavy atom. The van der Waals surface area contributed by atoms with E-state index in [1.807, 2.05) is 11.9 Å². The molecule has 0 aromatic heterocycles. The normalized spacial score (nSPS) is 20.8. The van der Waals surface area contributed by atoms with Crippen molar-refractivity contribution >= 4 is 21.8 Å². The van der Waals surface area contributed by atoms with Gasteiger partial charge in [0.2, 0.25) is 5.91 Å². The molecule has 0 N–H and O–H groups in total. The largest absolute Gasteiger partial charge is 0.376 e. The number of carbonyl (C=O) groups is 1. The molecule has 0 radical (unpaired) electrons. The van der Waals surface area contributed by atoms with Crippen LogP contribution in [0.1, 0.15) is 38.5 Å². The van der Waals surface area contributed by atoms with Crippen LogP contribution in [0.5, 0.6) is 0 Å². The number of likely N-dealkylation sites (N-methyl/N-ethyl adjacent to an activating group) is 1. The van der Waals surface area contributed by atoms with Crippen molar-refractivity contribution in [1.82, 2.24) is 4.90 Å². The van der Waals surface area contributed by atoms with Crippen LogP contribution in [0.3, 0.4) is 0 Å². The van der Waals surface area contributed by atoms with Gasteiger partial charge < -0.3 is 9.64 Å². The highest BCUT2D eigenvalue weighted by atomic mass is 79.9. The smallest absolute Gasteiger partial charge is 0.222 e. The van der Waals surface area contributed by atoms with Crippen LogP contribution in [0, 0.1) is 0 Å². The van der Waals surface area contributed by atoms with E-state index < -0.39 is 0 Å². The first-order valence-corrected chi connectivity index (χ1v) is 7.27. The lowest BCUT2D eigenvalue weighted by atomic mass is 10.1. The fraction of sp³-hybridized carbons (Fsp3) is 0.917. The van der Waals surface area contributed by atoms with Crippen LogP contribution in [0.4, 0.5) is 0 Å². The van der Waals surface area contributed by atoms with Crippen molar-refractivity contribution in [2.75, 3.05) is 25.5 Å². The van der Waals surface area contributed by atoms with E-state index >= 15 is 0 Å². The zero-order valence-corrected chi connectivity index (χ0v) is 11.7. The molecule has 0 bridgehead atoms. The average Bonchev–Trinajstić information content (AvgIpc) is 2.30. The lowest BCUT2D eigenvalue weighted by molar-refractivity contribution is -0.132. The van der Waals surface area contributed by atoms with Gasteiger partial charge >= 0.3 is 0 Å². The molecule has 1 atom stereocenters. The van der Waals surface area contributed by atoms with Crippen LogP contribution in [0.2, 0.25) is 0 Å². The van der Waals surface area contributed by atoms with Crippen LogP contribution in [0.15, 0.2) is 0 Å². The van der Waals surface area contributed by atoms with Crippen LogP contribution in [-0.4, -0.2) is 42.4 Å². The molecule has 0 aromatic rings. The molecule has 1 unspecified atom stereocenters. The van der Waals surface area contributed by atoms with Crippen LogP contribution >= 0.6 is 15.9 Å². The molecule has 1 aliphatic rings. The van der Waals surface area contributed by atoms with Gasteiger partial charge in [-0.2, -0.15) is 0 Å². The van der Waals surface area contributed by atoms with Crippen molar-refractivity contribution < 1.29 is 9.53 Å². The molecule has 1 aliphatic heterocycles. The van der Waals surface area contributed by atoms with Crippen molar-refractivity contribution in [2.24, 2.45) is 0 Å². The first kappa shape index (κ1) is 14.0. The van der Waals surface area contributed by atoms with E-state index in [-0.39, 0.29) is 12.0 Å². The molecule has 0 spiro atoms. The first-order chi connectivity index (χ1) is 7.74. The van der Waals surface area contributed by atoms with Crippen molar-refractivity contribution in [2.45, 2.75) is 44.6 Å². The summed E-state index contributed by atoms with van der Waals surface area (Å²) >= 11 is 3.37. The average molecular weight is 292 g/mol. The summed E-state index contributed by atoms with van der Waals surface area (Å²) in [5.41, 5.74) is 0. The van der Waals surface area contributed by atoms with Gasteiger partial charge in [-0.25, -0.2) is 0 Å². The topological polar surface area (TPSA) is 29.5 Å². The Hall–Kier alpha value is -0.0900. The second-order valence-electron chi connectivity index (χ2n) is 4.41. The van der Waals surface area contributed by atoms with E-state index in [1.165, 1.54) is 12.8 Å². The molecule has 16 heavy (non-hydrogen) atoms. The van der Waals surface area contributed by atoms with Gasteiger partial charge in [-0.15, -0.1) is 0 Å². The van der Waals surface area contributed by atoms with Gasteiger partial charge in [0.15, 0.2) is 0 Å². The standard InChI is InChI=1S/C12H22BrNO2/c1-14(12(15)7-2-4-8-13)10-11-6-3-5-9-16-11/h11H,2-10H2,1H3. The number of unbranched alkanes of at least 4 members (excludes halogenated alkanes) is 1. The summed E-state index contributed by atoms with van der Waals surface area (Å²) < 4.78 is 5.62. The summed E-state index contributed by atoms with van der Waals surface area (Å²) in [6.07, 6.45) is 6.46. The quantitative estimate of drug-likeness (QED) is 0.556. The minimum atomic E-state index is 0.245. The number of hydrogen-bond donors (Lipinski definition) is 0. The Morgan fingerprint density at radius 2 is 2.25 bits per heavy atom. The molecule has 1 fully saturated rings. The van der Waals surface area contributed by atoms with E-state index in [1.54, 1.807) is 0 Å². The molecule has 1 amide bonds. The number of alkyl halides is 1. The fourth-order valence-electron chi connectivity index (χ4n) is 1.92. The molecular formula is C12H22BrNO2. The minimum absolute atomic E-state index is 0.245. The van der Waals surface area contributed by atoms with Gasteiger partial charge in [0.05, 0.1) is 6.10 Å². The van der Waals surface area contributed by atoms with Crippen LogP contribution in [-0.2, 0) is 9.53 Å². The summed E-state index contributed by atoms with van der Waals surface area (Å²) in [5.74, 6) is 0.245. The molecule has 0 saturated carbocycles. The Kier molecular flexibility index (Phi) is 7.05. The van der Waals surface area contributed by atoms with Gasteiger partial charge in [-0.05, 0) is 32.1 Å². The summed E-state index contributed by atoms with van der Waals surface area (Å²) in [7, 11) is 1.88. The molecule has 1 heterocycles. The number of halogens is 1. The predicted octanol–water partition coefficient (Wildman–Crippen LogP) is 2.58. The number of nitrogens with zero attached hydrogens (tertiary/aromatic N) is 1. The third-order valence-electron chi connectivity index (χ3n) is 2.95. The van der Waals surface area contributed by atoms with Gasteiger partial charge in [-0.3, -0.25) is 4.79 Å². The molecule has 94 valence electrons. The second kappa shape index (κ2) is 8.07. The van der Waals surface area contributed by atoms with Crippen LogP contribution in [0.25, 0.3) is 0 Å². The van der Waals surface area contributed by atoms with E-state index in [0.717, 1.165) is 37.7 Å². The maximum Gasteiger partial charge on any atom is 0.222 e. The Morgan fingerprint density at radius 1 is 1.44 bits per heavy atom. The van der Waals surface area contributed by atoms with E-state index in [2.05, 4.69) is 15.9 Å². The van der Waals surface area contributed by atoms with Gasteiger partial charge in [0.1, 0.15) is 0 Å².